The van der Waals surface area contributed by atoms with Crippen LogP contribution in [0.5, 0.6) is 0 Å². The number of hydrogen-bond acceptors (Lipinski definition) is 0. The number of rotatable bonds is 6. The van der Waals surface area contributed by atoms with E-state index < -0.39 is 0 Å². The van der Waals surface area contributed by atoms with E-state index in [1.807, 2.05) is 26.8 Å². The zero-order valence-electron chi connectivity index (χ0n) is 11.6. The van der Waals surface area contributed by atoms with Crippen LogP contribution in [0, 0.1) is 0 Å². The first kappa shape index (κ1) is 15.4. The van der Waals surface area contributed by atoms with Crippen LogP contribution < -0.4 is 0 Å². The summed E-state index contributed by atoms with van der Waals surface area (Å²) in [4.78, 5) is 0. The Morgan fingerprint density at radius 1 is 1.00 bits per heavy atom. The van der Waals surface area contributed by atoms with Crippen molar-refractivity contribution in [2.45, 2.75) is 34.1 Å². The van der Waals surface area contributed by atoms with E-state index in [0.29, 0.717) is 0 Å². The molecule has 0 aromatic heterocycles. The molecule has 0 nitrogen and oxygen atoms in total. The highest BCUT2D eigenvalue weighted by Gasteiger charge is 1.97. The summed E-state index contributed by atoms with van der Waals surface area (Å²) in [7, 11) is 0. The Morgan fingerprint density at radius 2 is 1.53 bits per heavy atom. The highest BCUT2D eigenvalue weighted by atomic mass is 14.0. The van der Waals surface area contributed by atoms with E-state index in [1.165, 1.54) is 16.7 Å². The highest BCUT2D eigenvalue weighted by molar-refractivity contribution is 5.48. The molecule has 0 radical (unpaired) electrons. The lowest BCUT2D eigenvalue weighted by Gasteiger charge is -2.04. The van der Waals surface area contributed by atoms with Gasteiger partial charge in [0.1, 0.15) is 0 Å². The predicted molar refractivity (Wildman–Crippen MR) is 80.0 cm³/mol. The zero-order valence-corrected chi connectivity index (χ0v) is 11.6. The van der Waals surface area contributed by atoms with Crippen LogP contribution in [-0.2, 0) is 0 Å². The van der Waals surface area contributed by atoms with Crippen molar-refractivity contribution in [3.63, 3.8) is 0 Å². The normalized spacial score (nSPS) is 14.2. The van der Waals surface area contributed by atoms with Gasteiger partial charge in [0, 0.05) is 0 Å². The first-order chi connectivity index (χ1) is 8.10. The molecule has 0 aromatic carbocycles. The molecule has 0 heterocycles. The summed E-state index contributed by atoms with van der Waals surface area (Å²) in [5, 5.41) is 0. The summed E-state index contributed by atoms with van der Waals surface area (Å²) < 4.78 is 0. The van der Waals surface area contributed by atoms with Gasteiger partial charge in [0.05, 0.1) is 0 Å². The molecule has 0 heteroatoms. The zero-order chi connectivity index (χ0) is 13.3. The van der Waals surface area contributed by atoms with E-state index in [-0.39, 0.29) is 0 Å². The average Bonchev–Trinajstić information content (AvgIpc) is 2.32. The van der Waals surface area contributed by atoms with Gasteiger partial charge in [-0.25, -0.2) is 0 Å². The minimum Gasteiger partial charge on any atom is -0.0985 e. The van der Waals surface area contributed by atoms with Crippen molar-refractivity contribution in [1.82, 2.24) is 0 Å². The Balaban J connectivity index is 5.08. The molecule has 0 spiro atoms. The van der Waals surface area contributed by atoms with Gasteiger partial charge in [-0.15, -0.1) is 0 Å². The van der Waals surface area contributed by atoms with Gasteiger partial charge < -0.3 is 0 Å². The number of allylic oxidation sites excluding steroid dienone is 10. The predicted octanol–water partition coefficient (Wildman–Crippen LogP) is 5.53. The van der Waals surface area contributed by atoms with E-state index in [1.54, 1.807) is 0 Å². The molecule has 0 bridgehead atoms. The van der Waals surface area contributed by atoms with Crippen molar-refractivity contribution in [2.24, 2.45) is 0 Å². The summed E-state index contributed by atoms with van der Waals surface area (Å²) in [5.74, 6) is 0. The molecule has 17 heavy (non-hydrogen) atoms. The van der Waals surface area contributed by atoms with Gasteiger partial charge in [-0.2, -0.15) is 0 Å². The van der Waals surface area contributed by atoms with Crippen LogP contribution in [0.3, 0.4) is 0 Å². The van der Waals surface area contributed by atoms with Crippen LogP contribution in [0.25, 0.3) is 0 Å². The molecule has 0 rings (SSSR count). The lowest BCUT2D eigenvalue weighted by molar-refractivity contribution is 1.20. The molecule has 0 saturated heterocycles. The van der Waals surface area contributed by atoms with Crippen molar-refractivity contribution < 1.29 is 0 Å². The van der Waals surface area contributed by atoms with Crippen molar-refractivity contribution in [2.75, 3.05) is 0 Å². The summed E-state index contributed by atoms with van der Waals surface area (Å²) in [6.45, 7) is 16.0. The summed E-state index contributed by atoms with van der Waals surface area (Å²) in [6.07, 6.45) is 13.5. The van der Waals surface area contributed by atoms with Gasteiger partial charge in [0.2, 0.25) is 0 Å². The first-order valence-electron chi connectivity index (χ1n) is 6.10. The van der Waals surface area contributed by atoms with Gasteiger partial charge in [-0.1, -0.05) is 62.1 Å². The van der Waals surface area contributed by atoms with Crippen LogP contribution >= 0.6 is 0 Å². The minimum atomic E-state index is 1.02. The monoisotopic (exact) mass is 228 g/mol. The first-order valence-corrected chi connectivity index (χ1v) is 6.10. The van der Waals surface area contributed by atoms with Crippen molar-refractivity contribution in [3.05, 3.63) is 71.9 Å². The molecule has 0 aromatic rings. The Morgan fingerprint density at radius 3 is 1.88 bits per heavy atom. The van der Waals surface area contributed by atoms with Gasteiger partial charge in [-0.3, -0.25) is 0 Å². The van der Waals surface area contributed by atoms with E-state index >= 15 is 0 Å². The number of hydrogen-bond donors (Lipinski definition) is 0. The van der Waals surface area contributed by atoms with E-state index in [9.17, 15) is 0 Å². The fraction of sp³-hybridized carbons (Fsp3) is 0.294. The van der Waals surface area contributed by atoms with E-state index in [2.05, 4.69) is 50.5 Å². The Labute approximate surface area is 106 Å². The second-order valence-corrected chi connectivity index (χ2v) is 3.87. The van der Waals surface area contributed by atoms with E-state index in [0.717, 1.165) is 12.0 Å². The van der Waals surface area contributed by atoms with Gasteiger partial charge in [0.15, 0.2) is 0 Å². The molecule has 0 atom stereocenters. The molecular weight excluding hydrogens is 204 g/mol. The standard InChI is InChI=1S/C17H24/c1-7-11-16(9-3)17(10-4)13-12-15(8-2)14(5)6/h8-13H,3,5,7H2,1-2,4,6H3/b13-12-,15-8+,16-11+,17-10-. The van der Waals surface area contributed by atoms with Crippen LogP contribution in [0.2, 0.25) is 0 Å². The van der Waals surface area contributed by atoms with Gasteiger partial charge in [-0.05, 0) is 43.9 Å². The van der Waals surface area contributed by atoms with E-state index in [4.69, 9.17) is 0 Å². The molecule has 92 valence electrons. The minimum absolute atomic E-state index is 1.02. The smallest absolute Gasteiger partial charge is 0.0230 e. The van der Waals surface area contributed by atoms with Crippen LogP contribution in [0.1, 0.15) is 34.1 Å². The molecule has 0 fully saturated rings. The average molecular weight is 228 g/mol. The van der Waals surface area contributed by atoms with Crippen LogP contribution in [0.15, 0.2) is 71.9 Å². The highest BCUT2D eigenvalue weighted by Crippen LogP contribution is 2.16. The molecule has 0 aliphatic carbocycles. The molecule has 0 saturated carbocycles. The molecule has 0 amide bonds. The summed E-state index contributed by atoms with van der Waals surface area (Å²) >= 11 is 0. The maximum Gasteiger partial charge on any atom is -0.0230 e. The molecule has 0 aliphatic rings. The quantitative estimate of drug-likeness (QED) is 0.524. The largest absolute Gasteiger partial charge is 0.0985 e. The Bertz CT molecular complexity index is 384. The molecule has 0 unspecified atom stereocenters. The van der Waals surface area contributed by atoms with Gasteiger partial charge >= 0.3 is 0 Å². The lowest BCUT2D eigenvalue weighted by atomic mass is 10.0. The molecule has 0 N–H and O–H groups in total. The Kier molecular flexibility index (Phi) is 7.79. The lowest BCUT2D eigenvalue weighted by Crippen LogP contribution is -1.84. The second kappa shape index (κ2) is 8.58. The van der Waals surface area contributed by atoms with Crippen molar-refractivity contribution in [1.29, 1.82) is 0 Å². The molecular formula is C17H24. The topological polar surface area (TPSA) is 0 Å². The fourth-order valence-electron chi connectivity index (χ4n) is 1.56. The molecule has 0 aliphatic heterocycles. The SMILES string of the molecule is C=CC(=C\CC)/C(/C=C\C(=C/C)C(=C)C)=C\C. The van der Waals surface area contributed by atoms with Gasteiger partial charge in [0.25, 0.3) is 0 Å². The summed E-state index contributed by atoms with van der Waals surface area (Å²) in [6, 6.07) is 0. The van der Waals surface area contributed by atoms with Crippen LogP contribution in [-0.4, -0.2) is 0 Å². The maximum absolute atomic E-state index is 3.96. The van der Waals surface area contributed by atoms with Crippen molar-refractivity contribution >= 4 is 0 Å². The fourth-order valence-corrected chi connectivity index (χ4v) is 1.56. The van der Waals surface area contributed by atoms with Crippen LogP contribution in [0.4, 0.5) is 0 Å². The van der Waals surface area contributed by atoms with Crippen molar-refractivity contribution in [3.8, 4) is 0 Å². The third-order valence-corrected chi connectivity index (χ3v) is 2.53. The summed E-state index contributed by atoms with van der Waals surface area (Å²) in [5.41, 5.74) is 4.63. The Hall–Kier alpha value is -1.56. The maximum atomic E-state index is 3.96. The third-order valence-electron chi connectivity index (χ3n) is 2.53. The second-order valence-electron chi connectivity index (χ2n) is 3.87. The third kappa shape index (κ3) is 5.35.